The Kier molecular flexibility index (Phi) is 3.84. The van der Waals surface area contributed by atoms with E-state index in [1.54, 1.807) is 18.2 Å². The van der Waals surface area contributed by atoms with Gasteiger partial charge in [-0.15, -0.1) is 0 Å². The topological polar surface area (TPSA) is 43.8 Å². The molecule has 4 heteroatoms. The molecule has 2 rings (SSSR count). The summed E-state index contributed by atoms with van der Waals surface area (Å²) in [7, 11) is 0. The standard InChI is InChI=1S/C16H22FN3/c1-5-10-20-14(18)13(19-15(20)16(2,3)4)11-8-6-7-9-12(11)17/h6-9H,5,10,18H2,1-4H3. The van der Waals surface area contributed by atoms with Crippen LogP contribution in [0.15, 0.2) is 24.3 Å². The van der Waals surface area contributed by atoms with Gasteiger partial charge in [0, 0.05) is 17.5 Å². The van der Waals surface area contributed by atoms with Crippen molar-refractivity contribution in [2.45, 2.75) is 46.1 Å². The molecule has 0 bridgehead atoms. The molecule has 108 valence electrons. The van der Waals surface area contributed by atoms with Crippen molar-refractivity contribution in [1.29, 1.82) is 0 Å². The van der Waals surface area contributed by atoms with E-state index in [1.165, 1.54) is 6.07 Å². The SMILES string of the molecule is CCCn1c(C(C)(C)C)nc(-c2ccccc2F)c1N. The minimum absolute atomic E-state index is 0.132. The van der Waals surface area contributed by atoms with Crippen LogP contribution in [0, 0.1) is 5.82 Å². The van der Waals surface area contributed by atoms with Crippen LogP contribution < -0.4 is 5.73 Å². The lowest BCUT2D eigenvalue weighted by Gasteiger charge is -2.19. The molecule has 1 aromatic heterocycles. The fourth-order valence-electron chi connectivity index (χ4n) is 2.34. The Morgan fingerprint density at radius 2 is 1.90 bits per heavy atom. The molecule has 0 unspecified atom stereocenters. The molecule has 0 saturated carbocycles. The van der Waals surface area contributed by atoms with Crippen molar-refractivity contribution in [3.05, 3.63) is 35.9 Å². The molecule has 0 radical (unpaired) electrons. The summed E-state index contributed by atoms with van der Waals surface area (Å²) >= 11 is 0. The van der Waals surface area contributed by atoms with E-state index >= 15 is 0 Å². The van der Waals surface area contributed by atoms with Crippen molar-refractivity contribution >= 4 is 5.82 Å². The molecular formula is C16H22FN3. The van der Waals surface area contributed by atoms with Gasteiger partial charge in [-0.3, -0.25) is 0 Å². The van der Waals surface area contributed by atoms with Crippen LogP contribution in [0.3, 0.4) is 0 Å². The summed E-state index contributed by atoms with van der Waals surface area (Å²) < 4.78 is 16.0. The van der Waals surface area contributed by atoms with Crippen LogP contribution >= 0.6 is 0 Å². The summed E-state index contributed by atoms with van der Waals surface area (Å²) in [4.78, 5) is 4.63. The molecule has 2 N–H and O–H groups in total. The molecule has 1 heterocycles. The average Bonchev–Trinajstić information content (AvgIpc) is 2.68. The van der Waals surface area contributed by atoms with Crippen LogP contribution in [0.25, 0.3) is 11.3 Å². The lowest BCUT2D eigenvalue weighted by molar-refractivity contribution is 0.498. The monoisotopic (exact) mass is 275 g/mol. The van der Waals surface area contributed by atoms with Crippen LogP contribution in [0.1, 0.15) is 39.9 Å². The van der Waals surface area contributed by atoms with Gasteiger partial charge in [-0.2, -0.15) is 0 Å². The summed E-state index contributed by atoms with van der Waals surface area (Å²) in [6.45, 7) is 9.15. The number of nitrogens with zero attached hydrogens (tertiary/aromatic N) is 2. The normalized spacial score (nSPS) is 11.8. The van der Waals surface area contributed by atoms with Crippen LogP contribution in [0.4, 0.5) is 10.2 Å². The van der Waals surface area contributed by atoms with Crippen LogP contribution in [0.2, 0.25) is 0 Å². The summed E-state index contributed by atoms with van der Waals surface area (Å²) in [5.41, 5.74) is 7.10. The molecule has 0 fully saturated rings. The Morgan fingerprint density at radius 1 is 1.25 bits per heavy atom. The van der Waals surface area contributed by atoms with Gasteiger partial charge in [0.05, 0.1) is 0 Å². The number of aromatic nitrogens is 2. The minimum Gasteiger partial charge on any atom is -0.383 e. The van der Waals surface area contributed by atoms with Crippen molar-refractivity contribution in [2.24, 2.45) is 0 Å². The Hall–Kier alpha value is -1.84. The fourth-order valence-corrected chi connectivity index (χ4v) is 2.34. The third kappa shape index (κ3) is 2.55. The number of benzene rings is 1. The van der Waals surface area contributed by atoms with E-state index in [1.807, 2.05) is 4.57 Å². The van der Waals surface area contributed by atoms with Gasteiger partial charge in [-0.1, -0.05) is 39.8 Å². The fraction of sp³-hybridized carbons (Fsp3) is 0.438. The molecule has 0 saturated heterocycles. The number of anilines is 1. The molecule has 0 amide bonds. The highest BCUT2D eigenvalue weighted by Gasteiger charge is 2.25. The smallest absolute Gasteiger partial charge is 0.132 e. The zero-order chi connectivity index (χ0) is 14.9. The third-order valence-corrected chi connectivity index (χ3v) is 3.25. The molecule has 0 aliphatic heterocycles. The predicted molar refractivity (Wildman–Crippen MR) is 81.0 cm³/mol. The number of hydrogen-bond donors (Lipinski definition) is 1. The average molecular weight is 275 g/mol. The van der Waals surface area contributed by atoms with Gasteiger partial charge in [0.15, 0.2) is 0 Å². The van der Waals surface area contributed by atoms with E-state index in [0.29, 0.717) is 17.1 Å². The van der Waals surface area contributed by atoms with Crippen LogP contribution in [0.5, 0.6) is 0 Å². The van der Waals surface area contributed by atoms with Crippen molar-refractivity contribution in [2.75, 3.05) is 5.73 Å². The van der Waals surface area contributed by atoms with Crippen molar-refractivity contribution in [3.8, 4) is 11.3 Å². The van der Waals surface area contributed by atoms with E-state index in [9.17, 15) is 4.39 Å². The Morgan fingerprint density at radius 3 is 2.45 bits per heavy atom. The van der Waals surface area contributed by atoms with Gasteiger partial charge in [-0.25, -0.2) is 9.37 Å². The molecule has 3 nitrogen and oxygen atoms in total. The quantitative estimate of drug-likeness (QED) is 0.920. The largest absolute Gasteiger partial charge is 0.383 e. The number of imidazole rings is 1. The van der Waals surface area contributed by atoms with Gasteiger partial charge in [0.1, 0.15) is 23.2 Å². The Labute approximate surface area is 119 Å². The first-order valence-electron chi connectivity index (χ1n) is 6.97. The molecule has 1 aromatic carbocycles. The maximum Gasteiger partial charge on any atom is 0.132 e. The number of hydrogen-bond acceptors (Lipinski definition) is 2. The molecule has 0 aliphatic rings. The van der Waals surface area contributed by atoms with Crippen LogP contribution in [-0.2, 0) is 12.0 Å². The van der Waals surface area contributed by atoms with E-state index in [-0.39, 0.29) is 11.2 Å². The Bertz CT molecular complexity index is 609. The van der Waals surface area contributed by atoms with Gasteiger partial charge < -0.3 is 10.3 Å². The zero-order valence-corrected chi connectivity index (χ0v) is 12.6. The lowest BCUT2D eigenvalue weighted by Crippen LogP contribution is -2.19. The molecule has 0 aliphatic carbocycles. The number of nitrogens with two attached hydrogens (primary N) is 1. The van der Waals surface area contributed by atoms with E-state index in [4.69, 9.17) is 5.73 Å². The summed E-state index contributed by atoms with van der Waals surface area (Å²) in [6.07, 6.45) is 0.959. The van der Waals surface area contributed by atoms with Gasteiger partial charge in [-0.05, 0) is 18.6 Å². The molecule has 20 heavy (non-hydrogen) atoms. The number of halogens is 1. The van der Waals surface area contributed by atoms with Gasteiger partial charge >= 0.3 is 0 Å². The highest BCUT2D eigenvalue weighted by Crippen LogP contribution is 2.33. The molecule has 0 spiro atoms. The molecule has 0 atom stereocenters. The molecular weight excluding hydrogens is 253 g/mol. The number of nitrogen functional groups attached to an aromatic ring is 1. The second-order valence-corrected chi connectivity index (χ2v) is 6.05. The lowest BCUT2D eigenvalue weighted by atomic mass is 9.95. The van der Waals surface area contributed by atoms with E-state index < -0.39 is 0 Å². The van der Waals surface area contributed by atoms with Gasteiger partial charge in [0.2, 0.25) is 0 Å². The Balaban J connectivity index is 2.65. The van der Waals surface area contributed by atoms with E-state index in [2.05, 4.69) is 32.7 Å². The maximum atomic E-state index is 14.0. The van der Waals surface area contributed by atoms with Crippen molar-refractivity contribution in [1.82, 2.24) is 9.55 Å². The zero-order valence-electron chi connectivity index (χ0n) is 12.6. The maximum absolute atomic E-state index is 14.0. The first-order valence-corrected chi connectivity index (χ1v) is 6.97. The molecule has 2 aromatic rings. The van der Waals surface area contributed by atoms with Crippen molar-refractivity contribution < 1.29 is 4.39 Å². The van der Waals surface area contributed by atoms with E-state index in [0.717, 1.165) is 18.8 Å². The summed E-state index contributed by atoms with van der Waals surface area (Å²) in [6, 6.07) is 6.62. The van der Waals surface area contributed by atoms with Crippen LogP contribution in [-0.4, -0.2) is 9.55 Å². The van der Waals surface area contributed by atoms with Crippen molar-refractivity contribution in [3.63, 3.8) is 0 Å². The first kappa shape index (κ1) is 14.6. The van der Waals surface area contributed by atoms with Gasteiger partial charge in [0.25, 0.3) is 0 Å². The predicted octanol–water partition coefficient (Wildman–Crippen LogP) is 3.98. The summed E-state index contributed by atoms with van der Waals surface area (Å²) in [5, 5.41) is 0. The number of rotatable bonds is 3. The summed E-state index contributed by atoms with van der Waals surface area (Å²) in [5.74, 6) is 1.15. The second kappa shape index (κ2) is 5.27. The first-order chi connectivity index (χ1) is 9.36. The minimum atomic E-state index is -0.291. The highest BCUT2D eigenvalue weighted by atomic mass is 19.1. The highest BCUT2D eigenvalue weighted by molar-refractivity contribution is 5.71. The second-order valence-electron chi connectivity index (χ2n) is 6.05. The third-order valence-electron chi connectivity index (χ3n) is 3.25.